The van der Waals surface area contributed by atoms with Gasteiger partial charge < -0.3 is 25.6 Å². The number of para-hydroxylation sites is 2. The highest BCUT2D eigenvalue weighted by Crippen LogP contribution is 2.20. The van der Waals surface area contributed by atoms with Crippen molar-refractivity contribution in [1.29, 1.82) is 0 Å². The van der Waals surface area contributed by atoms with Gasteiger partial charge in [-0.05, 0) is 32.9 Å². The number of benzene rings is 1. The number of anilines is 1. The number of rotatable bonds is 6. The lowest BCUT2D eigenvalue weighted by molar-refractivity contribution is -0.137. The predicted molar refractivity (Wildman–Crippen MR) is 81.8 cm³/mol. The van der Waals surface area contributed by atoms with Crippen molar-refractivity contribution in [3.05, 3.63) is 24.3 Å². The fourth-order valence-corrected chi connectivity index (χ4v) is 1.64. The average molecular weight is 310 g/mol. The van der Waals surface area contributed by atoms with Crippen molar-refractivity contribution in [3.63, 3.8) is 0 Å². The molecule has 0 radical (unpaired) electrons. The SMILES string of the molecule is CC(C)(C)OC(=O)NC(COc1ccccc1N)CC(=O)O. The topological polar surface area (TPSA) is 111 Å². The largest absolute Gasteiger partial charge is 0.489 e. The molecule has 4 N–H and O–H groups in total. The fraction of sp³-hybridized carbons (Fsp3) is 0.467. The van der Waals surface area contributed by atoms with Gasteiger partial charge in [-0.3, -0.25) is 4.79 Å². The molecule has 1 aromatic rings. The predicted octanol–water partition coefficient (Wildman–Crippen LogP) is 2.02. The van der Waals surface area contributed by atoms with Crippen molar-refractivity contribution in [2.24, 2.45) is 0 Å². The van der Waals surface area contributed by atoms with E-state index < -0.39 is 23.7 Å². The standard InChI is InChI=1S/C15H22N2O5/c1-15(2,3)22-14(20)17-10(8-13(18)19)9-21-12-7-5-4-6-11(12)16/h4-7,10H,8-9,16H2,1-3H3,(H,17,20)(H,18,19). The van der Waals surface area contributed by atoms with E-state index in [1.807, 2.05) is 0 Å². The molecule has 1 aromatic carbocycles. The Bertz CT molecular complexity index is 525. The molecule has 0 aromatic heterocycles. The molecule has 0 bridgehead atoms. The molecule has 0 spiro atoms. The summed E-state index contributed by atoms with van der Waals surface area (Å²) in [5, 5.41) is 11.4. The first-order valence-corrected chi connectivity index (χ1v) is 6.86. The second-order valence-corrected chi connectivity index (χ2v) is 5.79. The molecule has 1 atom stereocenters. The van der Waals surface area contributed by atoms with E-state index in [4.69, 9.17) is 20.3 Å². The summed E-state index contributed by atoms with van der Waals surface area (Å²) >= 11 is 0. The van der Waals surface area contributed by atoms with Crippen LogP contribution in [0.5, 0.6) is 5.75 Å². The Balaban J connectivity index is 2.63. The highest BCUT2D eigenvalue weighted by molar-refractivity contribution is 5.71. The zero-order chi connectivity index (χ0) is 16.8. The van der Waals surface area contributed by atoms with Crippen LogP contribution in [-0.4, -0.2) is 35.4 Å². The molecular formula is C15H22N2O5. The van der Waals surface area contributed by atoms with Crippen LogP contribution in [0.4, 0.5) is 10.5 Å². The molecule has 0 saturated carbocycles. The number of nitrogens with one attached hydrogen (secondary N) is 1. The lowest BCUT2D eigenvalue weighted by Crippen LogP contribution is -2.43. The summed E-state index contributed by atoms with van der Waals surface area (Å²) < 4.78 is 10.6. The number of ether oxygens (including phenoxy) is 2. The Kier molecular flexibility index (Phi) is 6.03. The Morgan fingerprint density at radius 3 is 2.50 bits per heavy atom. The molecule has 7 heteroatoms. The van der Waals surface area contributed by atoms with Crippen LogP contribution in [0, 0.1) is 0 Å². The number of carboxylic acids is 1. The van der Waals surface area contributed by atoms with Crippen LogP contribution in [0.3, 0.4) is 0 Å². The van der Waals surface area contributed by atoms with Crippen LogP contribution < -0.4 is 15.8 Å². The first-order chi connectivity index (χ1) is 10.2. The molecular weight excluding hydrogens is 288 g/mol. The molecule has 1 amide bonds. The maximum absolute atomic E-state index is 11.7. The van der Waals surface area contributed by atoms with Gasteiger partial charge in [-0.1, -0.05) is 12.1 Å². The van der Waals surface area contributed by atoms with Gasteiger partial charge in [0.25, 0.3) is 0 Å². The maximum atomic E-state index is 11.7. The van der Waals surface area contributed by atoms with E-state index in [-0.39, 0.29) is 13.0 Å². The summed E-state index contributed by atoms with van der Waals surface area (Å²) in [6.07, 6.45) is -0.977. The van der Waals surface area contributed by atoms with Gasteiger partial charge in [0.1, 0.15) is 18.0 Å². The molecule has 0 aliphatic heterocycles. The van der Waals surface area contributed by atoms with Gasteiger partial charge in [-0.2, -0.15) is 0 Å². The third kappa shape index (κ3) is 6.83. The second kappa shape index (κ2) is 7.53. The number of hydrogen-bond acceptors (Lipinski definition) is 5. The van der Waals surface area contributed by atoms with Crippen LogP contribution >= 0.6 is 0 Å². The summed E-state index contributed by atoms with van der Waals surface area (Å²) in [6.45, 7) is 5.14. The van der Waals surface area contributed by atoms with Crippen molar-refractivity contribution in [3.8, 4) is 5.75 Å². The third-order valence-corrected chi connectivity index (χ3v) is 2.50. The van der Waals surface area contributed by atoms with E-state index in [1.54, 1.807) is 45.0 Å². The van der Waals surface area contributed by atoms with Gasteiger partial charge in [0.05, 0.1) is 18.2 Å². The molecule has 0 aliphatic rings. The monoisotopic (exact) mass is 310 g/mol. The zero-order valence-corrected chi connectivity index (χ0v) is 13.0. The normalized spacial score (nSPS) is 12.3. The highest BCUT2D eigenvalue weighted by atomic mass is 16.6. The number of nitrogens with two attached hydrogens (primary N) is 1. The number of carboxylic acid groups (broad SMARTS) is 1. The minimum atomic E-state index is -1.05. The fourth-order valence-electron chi connectivity index (χ4n) is 1.64. The van der Waals surface area contributed by atoms with Crippen LogP contribution in [0.25, 0.3) is 0 Å². The van der Waals surface area contributed by atoms with Crippen molar-refractivity contribution in [1.82, 2.24) is 5.32 Å². The molecule has 22 heavy (non-hydrogen) atoms. The number of carbonyl (C=O) groups excluding carboxylic acids is 1. The van der Waals surface area contributed by atoms with Crippen molar-refractivity contribution in [2.75, 3.05) is 12.3 Å². The summed E-state index contributed by atoms with van der Waals surface area (Å²) in [6, 6.07) is 6.12. The van der Waals surface area contributed by atoms with Gasteiger partial charge in [-0.25, -0.2) is 4.79 Å². The zero-order valence-electron chi connectivity index (χ0n) is 13.0. The number of amides is 1. The van der Waals surface area contributed by atoms with E-state index in [0.29, 0.717) is 11.4 Å². The molecule has 0 aliphatic carbocycles. The molecule has 0 heterocycles. The van der Waals surface area contributed by atoms with Crippen LogP contribution in [0.1, 0.15) is 27.2 Å². The van der Waals surface area contributed by atoms with Gasteiger partial charge in [0.15, 0.2) is 0 Å². The van der Waals surface area contributed by atoms with Gasteiger partial charge in [0, 0.05) is 0 Å². The molecule has 1 rings (SSSR count). The van der Waals surface area contributed by atoms with E-state index in [0.717, 1.165) is 0 Å². The Labute approximate surface area is 129 Å². The number of alkyl carbamates (subject to hydrolysis) is 1. The smallest absolute Gasteiger partial charge is 0.408 e. The van der Waals surface area contributed by atoms with Crippen molar-refractivity contribution < 1.29 is 24.2 Å². The average Bonchev–Trinajstić information content (AvgIpc) is 2.34. The minimum Gasteiger partial charge on any atom is -0.489 e. The molecule has 1 unspecified atom stereocenters. The quantitative estimate of drug-likeness (QED) is 0.693. The van der Waals surface area contributed by atoms with Gasteiger partial charge in [-0.15, -0.1) is 0 Å². The van der Waals surface area contributed by atoms with Gasteiger partial charge in [0.2, 0.25) is 0 Å². The van der Waals surface area contributed by atoms with E-state index >= 15 is 0 Å². The molecule has 0 saturated heterocycles. The summed E-state index contributed by atoms with van der Waals surface area (Å²) in [4.78, 5) is 22.6. The van der Waals surface area contributed by atoms with E-state index in [9.17, 15) is 9.59 Å². The van der Waals surface area contributed by atoms with E-state index in [2.05, 4.69) is 5.32 Å². The van der Waals surface area contributed by atoms with Crippen LogP contribution in [0.15, 0.2) is 24.3 Å². The Hall–Kier alpha value is -2.44. The lowest BCUT2D eigenvalue weighted by atomic mass is 10.2. The van der Waals surface area contributed by atoms with Crippen molar-refractivity contribution >= 4 is 17.7 Å². The summed E-state index contributed by atoms with van der Waals surface area (Å²) in [7, 11) is 0. The maximum Gasteiger partial charge on any atom is 0.408 e. The summed E-state index contributed by atoms with van der Waals surface area (Å²) in [5.41, 5.74) is 5.51. The first-order valence-electron chi connectivity index (χ1n) is 6.86. The Morgan fingerprint density at radius 1 is 1.32 bits per heavy atom. The summed E-state index contributed by atoms with van der Waals surface area (Å²) in [5.74, 6) is -0.616. The minimum absolute atomic E-state index is 0.0280. The van der Waals surface area contributed by atoms with Crippen LogP contribution in [-0.2, 0) is 9.53 Å². The van der Waals surface area contributed by atoms with Crippen LogP contribution in [0.2, 0.25) is 0 Å². The van der Waals surface area contributed by atoms with Crippen molar-refractivity contribution in [2.45, 2.75) is 38.8 Å². The lowest BCUT2D eigenvalue weighted by Gasteiger charge is -2.23. The first kappa shape index (κ1) is 17.6. The highest BCUT2D eigenvalue weighted by Gasteiger charge is 2.22. The molecule has 122 valence electrons. The van der Waals surface area contributed by atoms with E-state index in [1.165, 1.54) is 0 Å². The number of carbonyl (C=O) groups is 2. The Morgan fingerprint density at radius 2 is 1.95 bits per heavy atom. The number of nitrogen functional groups attached to an aromatic ring is 1. The van der Waals surface area contributed by atoms with Gasteiger partial charge >= 0.3 is 12.1 Å². The molecule has 7 nitrogen and oxygen atoms in total. The molecule has 0 fully saturated rings. The number of aliphatic carboxylic acids is 1. The number of hydrogen-bond donors (Lipinski definition) is 3. The third-order valence-electron chi connectivity index (χ3n) is 2.50. The second-order valence-electron chi connectivity index (χ2n) is 5.79.